The molecule has 0 fully saturated rings. The number of alkyl carbamates (subject to hydrolysis) is 1. The van der Waals surface area contributed by atoms with Gasteiger partial charge in [0.2, 0.25) is 0 Å². The van der Waals surface area contributed by atoms with Gasteiger partial charge in [0.15, 0.2) is 0 Å². The van der Waals surface area contributed by atoms with Crippen molar-refractivity contribution in [2.45, 2.75) is 97.0 Å². The summed E-state index contributed by atoms with van der Waals surface area (Å²) in [6.07, 6.45) is -0.885. The van der Waals surface area contributed by atoms with Gasteiger partial charge in [-0.1, -0.05) is 47.5 Å². The topological polar surface area (TPSA) is 75.6 Å². The first-order chi connectivity index (χ1) is 11.2. The molecule has 144 valence electrons. The van der Waals surface area contributed by atoms with Gasteiger partial charge in [-0.05, 0) is 37.4 Å². The highest BCUT2D eigenvalue weighted by Gasteiger charge is 2.41. The Labute approximate surface area is 153 Å². The third-order valence-electron chi connectivity index (χ3n) is 4.40. The molecule has 0 aromatic carbocycles. The van der Waals surface area contributed by atoms with Crippen molar-refractivity contribution in [2.24, 2.45) is 0 Å². The maximum Gasteiger partial charge on any atom is 0.408 e. The number of carboxylic acids is 1. The first-order valence-corrected chi connectivity index (χ1v) is 11.2. The third-order valence-corrected chi connectivity index (χ3v) is 10.7. The third kappa shape index (κ3) is 7.51. The van der Waals surface area contributed by atoms with Gasteiger partial charge in [-0.3, -0.25) is 4.79 Å². The monoisotopic (exact) mass is 369 g/mol. The van der Waals surface area contributed by atoms with Gasteiger partial charge in [0, 0.05) is 0 Å². The van der Waals surface area contributed by atoms with Crippen LogP contribution in [0.2, 0.25) is 16.6 Å². The number of carbonyl (C=O) groups is 2. The Morgan fingerprint density at radius 1 is 1.04 bits per heavy atom. The molecule has 0 aliphatic carbocycles. The second-order valence-electron chi connectivity index (χ2n) is 8.46. The van der Waals surface area contributed by atoms with Gasteiger partial charge in [0.1, 0.15) is 19.7 Å². The summed E-state index contributed by atoms with van der Waals surface area (Å²) in [7, 11) is -1.99. The minimum Gasteiger partial charge on any atom is -0.481 e. The predicted molar refractivity (Wildman–Crippen MR) is 104 cm³/mol. The van der Waals surface area contributed by atoms with E-state index >= 15 is 0 Å². The number of carbonyl (C=O) groups excluding carboxylic acids is 1. The predicted octanol–water partition coefficient (Wildman–Crippen LogP) is 4.58. The van der Waals surface area contributed by atoms with Crippen molar-refractivity contribution in [1.82, 2.24) is 5.32 Å². The Morgan fingerprint density at radius 2 is 1.48 bits per heavy atom. The quantitative estimate of drug-likeness (QED) is 0.531. The summed E-state index contributed by atoms with van der Waals surface area (Å²) in [4.78, 5) is 23.1. The molecule has 0 aromatic rings. The van der Waals surface area contributed by atoms with Crippen LogP contribution >= 0.6 is 0 Å². The molecule has 0 spiro atoms. The Kier molecular flexibility index (Phi) is 8.73. The zero-order valence-corrected chi connectivity index (χ0v) is 18.2. The molecule has 1 amide bonds. The molecule has 0 rings (SSSR count). The molecule has 0 unspecified atom stereocenters. The molecule has 6 heteroatoms. The number of nitrogens with one attached hydrogen (secondary N) is 1. The number of carboxylic acid groups (broad SMARTS) is 1. The van der Waals surface area contributed by atoms with Crippen LogP contribution in [0.4, 0.5) is 4.79 Å². The van der Waals surface area contributed by atoms with Gasteiger partial charge < -0.3 is 15.2 Å². The van der Waals surface area contributed by atoms with Crippen LogP contribution in [0, 0.1) is 11.5 Å². The van der Waals surface area contributed by atoms with E-state index in [0.29, 0.717) is 16.6 Å². The van der Waals surface area contributed by atoms with Crippen LogP contribution in [0.5, 0.6) is 0 Å². The molecule has 0 aliphatic heterocycles. The van der Waals surface area contributed by atoms with E-state index in [1.54, 1.807) is 20.8 Å². The molecule has 2 N–H and O–H groups in total. The molecule has 0 heterocycles. The lowest BCUT2D eigenvalue weighted by Gasteiger charge is -2.38. The van der Waals surface area contributed by atoms with Gasteiger partial charge in [0.05, 0.1) is 6.42 Å². The van der Waals surface area contributed by atoms with Crippen molar-refractivity contribution in [3.63, 3.8) is 0 Å². The number of hydrogen-bond acceptors (Lipinski definition) is 3. The second-order valence-corrected chi connectivity index (χ2v) is 14.0. The lowest BCUT2D eigenvalue weighted by molar-refractivity contribution is -0.137. The maximum absolute atomic E-state index is 12.0. The van der Waals surface area contributed by atoms with Gasteiger partial charge in [-0.2, -0.15) is 0 Å². The van der Waals surface area contributed by atoms with E-state index in [-0.39, 0.29) is 6.42 Å². The zero-order valence-electron chi connectivity index (χ0n) is 17.2. The summed E-state index contributed by atoms with van der Waals surface area (Å²) in [6.45, 7) is 18.4. The highest BCUT2D eigenvalue weighted by Crippen LogP contribution is 2.40. The molecular formula is C19H35NO4Si. The van der Waals surface area contributed by atoms with Crippen molar-refractivity contribution in [2.75, 3.05) is 0 Å². The summed E-state index contributed by atoms with van der Waals surface area (Å²) < 4.78 is 5.22. The van der Waals surface area contributed by atoms with E-state index in [4.69, 9.17) is 9.84 Å². The Bertz CT molecular complexity index is 502. The Hall–Kier alpha value is -1.48. The van der Waals surface area contributed by atoms with Crippen molar-refractivity contribution >= 4 is 20.1 Å². The first-order valence-electron chi connectivity index (χ1n) is 8.96. The molecule has 0 aliphatic rings. The second kappa shape index (κ2) is 9.28. The van der Waals surface area contributed by atoms with Crippen molar-refractivity contribution in [3.8, 4) is 11.5 Å². The molecule has 1 atom stereocenters. The average molecular weight is 370 g/mol. The standard InChI is InChI=1S/C19H35NO4Si/c1-13(2)25(14(3)4,15(5)6)11-10-16(12-17(21)22)20-18(23)24-19(7,8)9/h13-16H,12H2,1-9H3,(H,20,23)(H,21,22)/t16-/m0/s1. The number of amides is 1. The van der Waals surface area contributed by atoms with Crippen molar-refractivity contribution in [1.29, 1.82) is 0 Å². The molecule has 0 bridgehead atoms. The minimum absolute atomic E-state index is 0.245. The fraction of sp³-hybridized carbons (Fsp3) is 0.789. The normalized spacial score (nSPS) is 13.4. The van der Waals surface area contributed by atoms with E-state index < -0.39 is 31.8 Å². The molecule has 0 saturated carbocycles. The minimum atomic E-state index is -1.99. The van der Waals surface area contributed by atoms with Crippen LogP contribution < -0.4 is 5.32 Å². The lowest BCUT2D eigenvalue weighted by atomic mass is 10.2. The Balaban J connectivity index is 5.61. The van der Waals surface area contributed by atoms with Crippen molar-refractivity contribution < 1.29 is 19.4 Å². The fourth-order valence-corrected chi connectivity index (χ4v) is 8.70. The molecule has 0 radical (unpaired) electrons. The van der Waals surface area contributed by atoms with Crippen LogP contribution in [0.1, 0.15) is 68.7 Å². The summed E-state index contributed by atoms with van der Waals surface area (Å²) in [5.41, 5.74) is 4.13. The SMILES string of the molecule is CC(C)[Si](C#C[C@@H](CC(=O)O)NC(=O)OC(C)(C)C)(C(C)C)C(C)C. The number of hydrogen-bond donors (Lipinski definition) is 2. The van der Waals surface area contributed by atoms with Gasteiger partial charge in [-0.15, -0.1) is 5.54 Å². The van der Waals surface area contributed by atoms with Gasteiger partial charge >= 0.3 is 12.1 Å². The van der Waals surface area contributed by atoms with Crippen molar-refractivity contribution in [3.05, 3.63) is 0 Å². The molecule has 0 saturated heterocycles. The van der Waals surface area contributed by atoms with Gasteiger partial charge in [-0.25, -0.2) is 4.79 Å². The molecular weight excluding hydrogens is 334 g/mol. The van der Waals surface area contributed by atoms with Crippen LogP contribution in [-0.4, -0.2) is 36.9 Å². The zero-order chi connectivity index (χ0) is 20.0. The molecule has 5 nitrogen and oxygen atoms in total. The van der Waals surface area contributed by atoms with Crippen LogP contribution in [0.15, 0.2) is 0 Å². The molecule has 25 heavy (non-hydrogen) atoms. The highest BCUT2D eigenvalue weighted by molar-refractivity contribution is 6.90. The van der Waals surface area contributed by atoms with Crippen LogP contribution in [-0.2, 0) is 9.53 Å². The fourth-order valence-electron chi connectivity index (χ4n) is 3.41. The number of rotatable bonds is 6. The van der Waals surface area contributed by atoms with E-state index in [1.807, 2.05) is 0 Å². The summed E-state index contributed by atoms with van der Waals surface area (Å²) in [5.74, 6) is 2.07. The lowest BCUT2D eigenvalue weighted by Crippen LogP contribution is -2.44. The highest BCUT2D eigenvalue weighted by atomic mass is 28.3. The summed E-state index contributed by atoms with van der Waals surface area (Å²) in [5, 5.41) is 11.7. The van der Waals surface area contributed by atoms with E-state index in [2.05, 4.69) is 58.3 Å². The number of aliphatic carboxylic acids is 1. The Morgan fingerprint density at radius 3 is 1.80 bits per heavy atom. The maximum atomic E-state index is 12.0. The van der Waals surface area contributed by atoms with E-state index in [1.165, 1.54) is 0 Å². The first kappa shape index (κ1) is 23.5. The van der Waals surface area contributed by atoms with E-state index in [0.717, 1.165) is 0 Å². The number of ether oxygens (including phenoxy) is 1. The van der Waals surface area contributed by atoms with E-state index in [9.17, 15) is 9.59 Å². The largest absolute Gasteiger partial charge is 0.481 e. The van der Waals surface area contributed by atoms with Crippen LogP contribution in [0.25, 0.3) is 0 Å². The average Bonchev–Trinajstić information content (AvgIpc) is 2.34. The summed E-state index contributed by atoms with van der Waals surface area (Å²) >= 11 is 0. The van der Waals surface area contributed by atoms with Gasteiger partial charge in [0.25, 0.3) is 0 Å². The smallest absolute Gasteiger partial charge is 0.408 e. The summed E-state index contributed by atoms with van der Waals surface area (Å²) in [6, 6.07) is -0.754. The molecule has 0 aromatic heterocycles. The van der Waals surface area contributed by atoms with Crippen LogP contribution in [0.3, 0.4) is 0 Å².